The first-order valence-electron chi connectivity index (χ1n) is 10.5. The first-order valence-corrected chi connectivity index (χ1v) is 11.7. The van der Waals surface area contributed by atoms with Crippen LogP contribution in [-0.4, -0.2) is 44.5 Å². The third-order valence-corrected chi connectivity index (χ3v) is 7.77. The van der Waals surface area contributed by atoms with Gasteiger partial charge < -0.3 is 9.84 Å². The van der Waals surface area contributed by atoms with Gasteiger partial charge >= 0.3 is 0 Å². The van der Waals surface area contributed by atoms with Crippen molar-refractivity contribution in [1.82, 2.24) is 19.7 Å². The molecule has 0 atom stereocenters. The van der Waals surface area contributed by atoms with Crippen molar-refractivity contribution in [2.75, 3.05) is 19.7 Å². The largest absolute Gasteiger partial charge is 0.390 e. The van der Waals surface area contributed by atoms with Gasteiger partial charge in [-0.1, -0.05) is 17.7 Å². The molecule has 5 heterocycles. The van der Waals surface area contributed by atoms with Gasteiger partial charge in [0.25, 0.3) is 5.92 Å². The number of piperidine rings is 1. The number of aryl methyl sites for hydroxylation is 1. The van der Waals surface area contributed by atoms with Crippen molar-refractivity contribution in [3.05, 3.63) is 62.2 Å². The molecule has 3 aromatic rings. The fourth-order valence-corrected chi connectivity index (χ4v) is 6.04. The van der Waals surface area contributed by atoms with E-state index < -0.39 is 18.1 Å². The maximum Gasteiger partial charge on any atom is 0.297 e. The number of alkyl halides is 2. The van der Waals surface area contributed by atoms with E-state index in [9.17, 15) is 13.9 Å². The van der Waals surface area contributed by atoms with Gasteiger partial charge in [0.05, 0.1) is 16.6 Å². The minimum Gasteiger partial charge on any atom is -0.390 e. The lowest BCUT2D eigenvalue weighted by Gasteiger charge is -2.45. The van der Waals surface area contributed by atoms with Crippen LogP contribution in [0.2, 0.25) is 4.34 Å². The lowest BCUT2D eigenvalue weighted by molar-refractivity contribution is -0.182. The zero-order valence-electron chi connectivity index (χ0n) is 17.5. The predicted molar refractivity (Wildman–Crippen MR) is 117 cm³/mol. The molecule has 0 aromatic carbocycles. The van der Waals surface area contributed by atoms with Gasteiger partial charge in [0.15, 0.2) is 5.82 Å². The highest BCUT2D eigenvalue weighted by Gasteiger charge is 2.51. The van der Waals surface area contributed by atoms with Crippen LogP contribution < -0.4 is 0 Å². The van der Waals surface area contributed by atoms with Gasteiger partial charge in [0, 0.05) is 48.0 Å². The second-order valence-corrected chi connectivity index (χ2v) is 10.1. The maximum absolute atomic E-state index is 14.3. The molecule has 0 amide bonds. The van der Waals surface area contributed by atoms with Crippen LogP contribution >= 0.6 is 22.9 Å². The first-order chi connectivity index (χ1) is 15.3. The molecular weight excluding hydrogens is 458 g/mol. The summed E-state index contributed by atoms with van der Waals surface area (Å²) in [5.74, 6) is -2.28. The Hall–Kier alpha value is -1.91. The number of aromatic nitrogens is 3. The standard InChI is InChI=1S/C22H23ClF2N4O2S/c1-14-3-2-6-26-20(14)29-11-15(17(12-30)27-29)10-28-7-4-21(5-8-28)19-16(9-18(23)32-19)22(24,25)13-31-21/h2-3,6,9,11,30H,4-5,7-8,10,12-13H2,1H3. The van der Waals surface area contributed by atoms with Gasteiger partial charge in [-0.25, -0.2) is 9.67 Å². The number of aliphatic hydroxyl groups excluding tert-OH is 1. The Morgan fingerprint density at radius 3 is 2.81 bits per heavy atom. The summed E-state index contributed by atoms with van der Waals surface area (Å²) >= 11 is 7.30. The highest BCUT2D eigenvalue weighted by Crippen LogP contribution is 2.52. The SMILES string of the molecule is Cc1cccnc1-n1cc(CN2CCC3(CC2)OCC(F)(F)c2cc(Cl)sc23)c(CO)n1. The van der Waals surface area contributed by atoms with Gasteiger partial charge in [-0.05, 0) is 37.5 Å². The van der Waals surface area contributed by atoms with E-state index in [-0.39, 0.29) is 12.2 Å². The molecule has 2 aliphatic heterocycles. The molecule has 32 heavy (non-hydrogen) atoms. The summed E-state index contributed by atoms with van der Waals surface area (Å²) in [5, 5.41) is 14.3. The quantitative estimate of drug-likeness (QED) is 0.600. The van der Waals surface area contributed by atoms with E-state index >= 15 is 0 Å². The first kappa shape index (κ1) is 21.9. The van der Waals surface area contributed by atoms with Crippen molar-refractivity contribution in [1.29, 1.82) is 0 Å². The van der Waals surface area contributed by atoms with Crippen LogP contribution in [0.1, 0.15) is 40.1 Å². The molecule has 0 unspecified atom stereocenters. The van der Waals surface area contributed by atoms with Crippen LogP contribution in [-0.2, 0) is 29.4 Å². The summed E-state index contributed by atoms with van der Waals surface area (Å²) < 4.78 is 36.5. The fourth-order valence-electron chi connectivity index (χ4n) is 4.56. The molecule has 0 bridgehead atoms. The van der Waals surface area contributed by atoms with Crippen molar-refractivity contribution in [2.24, 2.45) is 0 Å². The summed E-state index contributed by atoms with van der Waals surface area (Å²) in [7, 11) is 0. The molecule has 1 saturated heterocycles. The van der Waals surface area contributed by atoms with Crippen molar-refractivity contribution in [3.63, 3.8) is 0 Å². The summed E-state index contributed by atoms with van der Waals surface area (Å²) in [6.45, 7) is 3.15. The molecule has 0 aliphatic carbocycles. The van der Waals surface area contributed by atoms with Crippen molar-refractivity contribution in [2.45, 2.75) is 44.4 Å². The molecule has 10 heteroatoms. The number of hydrogen-bond acceptors (Lipinski definition) is 6. The van der Waals surface area contributed by atoms with E-state index in [1.54, 1.807) is 10.9 Å². The highest BCUT2D eigenvalue weighted by atomic mass is 35.5. The Morgan fingerprint density at radius 2 is 2.09 bits per heavy atom. The van der Waals surface area contributed by atoms with Crippen LogP contribution in [0.25, 0.3) is 5.82 Å². The van der Waals surface area contributed by atoms with Crippen molar-refractivity contribution < 1.29 is 18.6 Å². The number of rotatable bonds is 4. The molecule has 170 valence electrons. The molecule has 0 radical (unpaired) electrons. The van der Waals surface area contributed by atoms with Crippen LogP contribution in [0.5, 0.6) is 0 Å². The molecule has 2 aliphatic rings. The molecule has 3 aromatic heterocycles. The van der Waals surface area contributed by atoms with Gasteiger partial charge in [0.1, 0.15) is 12.2 Å². The molecule has 1 fully saturated rings. The summed E-state index contributed by atoms with van der Waals surface area (Å²) in [6, 6.07) is 5.22. The second kappa shape index (κ2) is 8.14. The molecule has 1 spiro atoms. The van der Waals surface area contributed by atoms with Crippen LogP contribution in [0.3, 0.4) is 0 Å². The van der Waals surface area contributed by atoms with E-state index in [4.69, 9.17) is 16.3 Å². The van der Waals surface area contributed by atoms with E-state index in [2.05, 4.69) is 15.0 Å². The third-order valence-electron chi connectivity index (χ3n) is 6.32. The summed E-state index contributed by atoms with van der Waals surface area (Å²) in [4.78, 5) is 7.19. The smallest absolute Gasteiger partial charge is 0.297 e. The number of ether oxygens (including phenoxy) is 1. The van der Waals surface area contributed by atoms with Crippen LogP contribution in [0.15, 0.2) is 30.6 Å². The van der Waals surface area contributed by atoms with E-state index in [0.717, 1.165) is 16.9 Å². The lowest BCUT2D eigenvalue weighted by Crippen LogP contribution is -2.48. The maximum atomic E-state index is 14.3. The van der Waals surface area contributed by atoms with Gasteiger partial charge in [0.2, 0.25) is 0 Å². The Kier molecular flexibility index (Phi) is 5.58. The van der Waals surface area contributed by atoms with Gasteiger partial charge in [-0.15, -0.1) is 11.3 Å². The number of fused-ring (bicyclic) bond motifs is 2. The zero-order chi connectivity index (χ0) is 22.5. The molecular formula is C22H23ClF2N4O2S. The zero-order valence-corrected chi connectivity index (χ0v) is 19.1. The number of aliphatic hydroxyl groups is 1. The molecule has 6 nitrogen and oxygen atoms in total. The predicted octanol–water partition coefficient (Wildman–Crippen LogP) is 4.40. The molecule has 0 saturated carbocycles. The van der Waals surface area contributed by atoms with E-state index in [0.29, 0.717) is 47.4 Å². The fraction of sp³-hybridized carbons (Fsp3) is 0.455. The Balaban J connectivity index is 1.34. The minimum atomic E-state index is -3.00. The molecule has 1 N–H and O–H groups in total. The number of thiophene rings is 1. The van der Waals surface area contributed by atoms with E-state index in [1.807, 2.05) is 25.3 Å². The normalized spacial score (nSPS) is 19.9. The van der Waals surface area contributed by atoms with Gasteiger partial charge in [-0.2, -0.15) is 13.9 Å². The average Bonchev–Trinajstić information content (AvgIpc) is 3.37. The second-order valence-electron chi connectivity index (χ2n) is 8.40. The summed E-state index contributed by atoms with van der Waals surface area (Å²) in [5.41, 5.74) is 1.82. The highest BCUT2D eigenvalue weighted by molar-refractivity contribution is 7.16. The molecule has 5 rings (SSSR count). The number of halogens is 3. The van der Waals surface area contributed by atoms with Crippen LogP contribution in [0, 0.1) is 6.92 Å². The minimum absolute atomic E-state index is 0.0155. The average molecular weight is 481 g/mol. The Morgan fingerprint density at radius 1 is 1.31 bits per heavy atom. The monoisotopic (exact) mass is 480 g/mol. The topological polar surface area (TPSA) is 63.4 Å². The number of pyridine rings is 1. The number of hydrogen-bond donors (Lipinski definition) is 1. The summed E-state index contributed by atoms with van der Waals surface area (Å²) in [6.07, 6.45) is 4.83. The lowest BCUT2D eigenvalue weighted by atomic mass is 9.84. The number of nitrogens with zero attached hydrogens (tertiary/aromatic N) is 4. The Bertz CT molecular complexity index is 1140. The Labute approximate surface area is 193 Å². The van der Waals surface area contributed by atoms with Crippen LogP contribution in [0.4, 0.5) is 8.78 Å². The third kappa shape index (κ3) is 3.76. The van der Waals surface area contributed by atoms with Crippen molar-refractivity contribution in [3.8, 4) is 5.82 Å². The number of likely N-dealkylation sites (tertiary alicyclic amines) is 1. The van der Waals surface area contributed by atoms with Gasteiger partial charge in [-0.3, -0.25) is 4.90 Å². The van der Waals surface area contributed by atoms with Crippen molar-refractivity contribution >= 4 is 22.9 Å². The van der Waals surface area contributed by atoms with E-state index in [1.165, 1.54) is 17.4 Å².